The van der Waals surface area contributed by atoms with Gasteiger partial charge in [0.05, 0.1) is 6.61 Å². The molecule has 1 heterocycles. The molecule has 1 unspecified atom stereocenters. The highest BCUT2D eigenvalue weighted by molar-refractivity contribution is 14.0. The number of methoxy groups -OCH3 is 1. The fourth-order valence-electron chi connectivity index (χ4n) is 3.45. The number of hydrogen-bond acceptors (Lipinski definition) is 3. The first-order valence-electron chi connectivity index (χ1n) is 9.44. The summed E-state index contributed by atoms with van der Waals surface area (Å²) in [7, 11) is 3.64. The third-order valence-corrected chi connectivity index (χ3v) is 4.94. The standard InChI is InChI=1S/C20H34N4O.HI/c1-5-23(6-2)14-18-9-7-8-17(12-18)13-22-20(21-3)24-11-10-19(15-24)16-25-4;/h7-9,12,19H,5-6,10-11,13-16H2,1-4H3,(H,21,22);1H. The summed E-state index contributed by atoms with van der Waals surface area (Å²) in [5.74, 6) is 1.61. The molecule has 1 atom stereocenters. The third-order valence-electron chi connectivity index (χ3n) is 4.94. The van der Waals surface area contributed by atoms with Crippen LogP contribution in [0.25, 0.3) is 0 Å². The Morgan fingerprint density at radius 2 is 2.04 bits per heavy atom. The van der Waals surface area contributed by atoms with Gasteiger partial charge in [0.1, 0.15) is 0 Å². The second kappa shape index (κ2) is 12.5. The van der Waals surface area contributed by atoms with Gasteiger partial charge in [0.2, 0.25) is 0 Å². The molecule has 0 bridgehead atoms. The van der Waals surface area contributed by atoms with E-state index in [4.69, 9.17) is 4.74 Å². The maximum absolute atomic E-state index is 5.29. The Hall–Kier alpha value is -0.860. The largest absolute Gasteiger partial charge is 0.384 e. The van der Waals surface area contributed by atoms with E-state index < -0.39 is 0 Å². The van der Waals surface area contributed by atoms with E-state index in [1.807, 2.05) is 7.05 Å². The minimum atomic E-state index is 0. The van der Waals surface area contributed by atoms with Gasteiger partial charge in [0, 0.05) is 46.3 Å². The Kier molecular flexibility index (Phi) is 11.2. The molecular formula is C20H35IN4O. The average Bonchev–Trinajstić information content (AvgIpc) is 3.09. The summed E-state index contributed by atoms with van der Waals surface area (Å²) in [4.78, 5) is 9.23. The van der Waals surface area contributed by atoms with Gasteiger partial charge in [0.25, 0.3) is 0 Å². The monoisotopic (exact) mass is 474 g/mol. The van der Waals surface area contributed by atoms with Crippen LogP contribution in [0.1, 0.15) is 31.4 Å². The van der Waals surface area contributed by atoms with E-state index in [-0.39, 0.29) is 24.0 Å². The van der Waals surface area contributed by atoms with E-state index >= 15 is 0 Å². The number of nitrogens with one attached hydrogen (secondary N) is 1. The molecule has 6 heteroatoms. The predicted molar refractivity (Wildman–Crippen MR) is 120 cm³/mol. The maximum atomic E-state index is 5.29. The normalized spacial score (nSPS) is 17.5. The molecule has 148 valence electrons. The summed E-state index contributed by atoms with van der Waals surface area (Å²) in [6.07, 6.45) is 1.17. The van der Waals surface area contributed by atoms with Crippen molar-refractivity contribution >= 4 is 29.9 Å². The van der Waals surface area contributed by atoms with Gasteiger partial charge in [-0.3, -0.25) is 9.89 Å². The Balaban J connectivity index is 0.00000338. The SMILES string of the molecule is CCN(CC)Cc1cccc(CNC(=NC)N2CCC(COC)C2)c1.I. The second-order valence-corrected chi connectivity index (χ2v) is 6.74. The fraction of sp³-hybridized carbons (Fsp3) is 0.650. The molecular weight excluding hydrogens is 439 g/mol. The number of guanidine groups is 1. The lowest BCUT2D eigenvalue weighted by molar-refractivity contribution is 0.157. The van der Waals surface area contributed by atoms with Crippen LogP contribution in [0.3, 0.4) is 0 Å². The maximum Gasteiger partial charge on any atom is 0.193 e. The van der Waals surface area contributed by atoms with Crippen LogP contribution in [-0.2, 0) is 17.8 Å². The highest BCUT2D eigenvalue weighted by atomic mass is 127. The zero-order valence-electron chi connectivity index (χ0n) is 16.7. The Morgan fingerprint density at radius 3 is 2.69 bits per heavy atom. The molecule has 1 saturated heterocycles. The molecule has 1 aromatic carbocycles. The number of aliphatic imine (C=N–C) groups is 1. The molecule has 1 aliphatic rings. The van der Waals surface area contributed by atoms with Crippen molar-refractivity contribution in [3.63, 3.8) is 0 Å². The predicted octanol–water partition coefficient (Wildman–Crippen LogP) is 3.19. The van der Waals surface area contributed by atoms with E-state index in [9.17, 15) is 0 Å². The van der Waals surface area contributed by atoms with E-state index in [2.05, 4.69) is 58.2 Å². The first kappa shape index (κ1) is 23.2. The molecule has 1 fully saturated rings. The third kappa shape index (κ3) is 7.04. The van der Waals surface area contributed by atoms with Crippen LogP contribution >= 0.6 is 24.0 Å². The molecule has 0 aromatic heterocycles. The molecule has 0 aliphatic carbocycles. The van der Waals surface area contributed by atoms with E-state index in [0.717, 1.165) is 51.8 Å². The highest BCUT2D eigenvalue weighted by Gasteiger charge is 2.24. The van der Waals surface area contributed by atoms with Gasteiger partial charge in [-0.15, -0.1) is 24.0 Å². The molecule has 0 spiro atoms. The Bertz CT molecular complexity index is 548. The van der Waals surface area contributed by atoms with Gasteiger partial charge in [-0.1, -0.05) is 38.1 Å². The summed E-state index contributed by atoms with van der Waals surface area (Å²) in [6.45, 7) is 11.3. The van der Waals surface area contributed by atoms with Crippen LogP contribution in [-0.4, -0.2) is 62.7 Å². The van der Waals surface area contributed by atoms with Crippen molar-refractivity contribution in [3.8, 4) is 0 Å². The lowest BCUT2D eigenvalue weighted by Gasteiger charge is -2.22. The molecule has 1 N–H and O–H groups in total. The first-order chi connectivity index (χ1) is 12.2. The Morgan fingerprint density at radius 1 is 1.31 bits per heavy atom. The van der Waals surface area contributed by atoms with E-state index in [1.165, 1.54) is 17.5 Å². The minimum absolute atomic E-state index is 0. The molecule has 5 nitrogen and oxygen atoms in total. The molecule has 1 aromatic rings. The molecule has 0 radical (unpaired) electrons. The smallest absolute Gasteiger partial charge is 0.193 e. The van der Waals surface area contributed by atoms with Crippen molar-refractivity contribution in [2.45, 2.75) is 33.4 Å². The van der Waals surface area contributed by atoms with Crippen molar-refractivity contribution < 1.29 is 4.74 Å². The van der Waals surface area contributed by atoms with Crippen LogP contribution in [0.4, 0.5) is 0 Å². The second-order valence-electron chi connectivity index (χ2n) is 6.74. The number of nitrogens with zero attached hydrogens (tertiary/aromatic N) is 3. The van der Waals surface area contributed by atoms with Gasteiger partial charge in [0.15, 0.2) is 5.96 Å². The van der Waals surface area contributed by atoms with Crippen molar-refractivity contribution in [3.05, 3.63) is 35.4 Å². The van der Waals surface area contributed by atoms with Crippen molar-refractivity contribution in [2.24, 2.45) is 10.9 Å². The summed E-state index contributed by atoms with van der Waals surface area (Å²) >= 11 is 0. The van der Waals surface area contributed by atoms with Gasteiger partial charge in [-0.05, 0) is 30.6 Å². The molecule has 1 aliphatic heterocycles. The van der Waals surface area contributed by atoms with Crippen molar-refractivity contribution in [1.29, 1.82) is 0 Å². The first-order valence-corrected chi connectivity index (χ1v) is 9.44. The topological polar surface area (TPSA) is 40.1 Å². The quantitative estimate of drug-likeness (QED) is 0.357. The van der Waals surface area contributed by atoms with Crippen molar-refractivity contribution in [2.75, 3.05) is 46.9 Å². The molecule has 26 heavy (non-hydrogen) atoms. The molecule has 2 rings (SSSR count). The number of rotatable bonds is 8. The molecule has 0 amide bonds. The van der Waals surface area contributed by atoms with Crippen LogP contribution in [0.5, 0.6) is 0 Å². The lowest BCUT2D eigenvalue weighted by atomic mass is 10.1. The van der Waals surface area contributed by atoms with Crippen LogP contribution in [0.15, 0.2) is 29.3 Å². The van der Waals surface area contributed by atoms with Gasteiger partial charge >= 0.3 is 0 Å². The molecule has 0 saturated carbocycles. The summed E-state index contributed by atoms with van der Waals surface area (Å²) < 4.78 is 5.29. The lowest BCUT2D eigenvalue weighted by Crippen LogP contribution is -2.39. The number of ether oxygens (including phenoxy) is 1. The highest BCUT2D eigenvalue weighted by Crippen LogP contribution is 2.16. The summed E-state index contributed by atoms with van der Waals surface area (Å²) in [5, 5.41) is 3.52. The fourth-order valence-corrected chi connectivity index (χ4v) is 3.45. The van der Waals surface area contributed by atoms with Crippen molar-refractivity contribution in [1.82, 2.24) is 15.1 Å². The van der Waals surface area contributed by atoms with Gasteiger partial charge in [-0.25, -0.2) is 0 Å². The number of hydrogen-bond donors (Lipinski definition) is 1. The number of benzene rings is 1. The van der Waals surface area contributed by atoms with Gasteiger partial charge < -0.3 is 15.0 Å². The Labute approximate surface area is 176 Å². The summed E-state index contributed by atoms with van der Waals surface area (Å²) in [6, 6.07) is 8.86. The number of halogens is 1. The van der Waals surface area contributed by atoms with E-state index in [0.29, 0.717) is 5.92 Å². The number of likely N-dealkylation sites (tertiary alicyclic amines) is 1. The van der Waals surface area contributed by atoms with Crippen LogP contribution in [0.2, 0.25) is 0 Å². The summed E-state index contributed by atoms with van der Waals surface area (Å²) in [5.41, 5.74) is 2.68. The average molecular weight is 474 g/mol. The van der Waals surface area contributed by atoms with Crippen LogP contribution < -0.4 is 5.32 Å². The zero-order chi connectivity index (χ0) is 18.1. The van der Waals surface area contributed by atoms with Crippen LogP contribution in [0, 0.1) is 5.92 Å². The van der Waals surface area contributed by atoms with Gasteiger partial charge in [-0.2, -0.15) is 0 Å². The zero-order valence-corrected chi connectivity index (χ0v) is 19.0. The minimum Gasteiger partial charge on any atom is -0.384 e. The van der Waals surface area contributed by atoms with E-state index in [1.54, 1.807) is 7.11 Å².